The topological polar surface area (TPSA) is 55.8 Å². The van der Waals surface area contributed by atoms with Gasteiger partial charge in [0.25, 0.3) is 5.91 Å². The van der Waals surface area contributed by atoms with Crippen molar-refractivity contribution in [3.05, 3.63) is 59.7 Å². The van der Waals surface area contributed by atoms with Crippen LogP contribution in [0.2, 0.25) is 0 Å². The lowest BCUT2D eigenvalue weighted by atomic mass is 10.1. The normalized spacial score (nSPS) is 18.1. The maximum Gasteiger partial charge on any atom is 0.338 e. The van der Waals surface area contributed by atoms with Crippen molar-refractivity contribution in [1.29, 1.82) is 0 Å². The SMILES string of the molecule is C[C@@H]1CCN(C(=O)COC(=O)C2=Cc3ccccc3OC2)c2ccccc2S1. The highest BCUT2D eigenvalue weighted by molar-refractivity contribution is 8.00. The van der Waals surface area contributed by atoms with Crippen LogP contribution in [0.1, 0.15) is 18.9 Å². The van der Waals surface area contributed by atoms with Crippen LogP contribution in [-0.4, -0.2) is 36.9 Å². The summed E-state index contributed by atoms with van der Waals surface area (Å²) in [5, 5.41) is 0.422. The molecule has 0 bridgehead atoms. The zero-order valence-corrected chi connectivity index (χ0v) is 16.4. The summed E-state index contributed by atoms with van der Waals surface area (Å²) in [7, 11) is 0. The summed E-state index contributed by atoms with van der Waals surface area (Å²) in [6.07, 6.45) is 2.64. The molecule has 144 valence electrons. The molecule has 0 aromatic heterocycles. The Morgan fingerprint density at radius 2 is 1.96 bits per heavy atom. The van der Waals surface area contributed by atoms with E-state index in [-0.39, 0.29) is 19.1 Å². The van der Waals surface area contributed by atoms with Crippen molar-refractivity contribution in [2.45, 2.75) is 23.5 Å². The lowest BCUT2D eigenvalue weighted by molar-refractivity contribution is -0.144. The maximum atomic E-state index is 12.8. The van der Waals surface area contributed by atoms with Crippen LogP contribution >= 0.6 is 11.8 Å². The number of benzene rings is 2. The second-order valence-electron chi connectivity index (χ2n) is 6.80. The number of para-hydroxylation sites is 2. The minimum Gasteiger partial charge on any atom is -0.488 e. The second kappa shape index (κ2) is 8.10. The number of hydrogen-bond acceptors (Lipinski definition) is 5. The van der Waals surface area contributed by atoms with Gasteiger partial charge in [-0.25, -0.2) is 4.79 Å². The number of anilines is 1. The van der Waals surface area contributed by atoms with Crippen molar-refractivity contribution in [3.8, 4) is 5.75 Å². The van der Waals surface area contributed by atoms with E-state index in [1.54, 1.807) is 22.7 Å². The van der Waals surface area contributed by atoms with Gasteiger partial charge >= 0.3 is 5.97 Å². The number of rotatable bonds is 3. The van der Waals surface area contributed by atoms with Crippen molar-refractivity contribution in [1.82, 2.24) is 0 Å². The number of esters is 1. The van der Waals surface area contributed by atoms with E-state index in [0.29, 0.717) is 17.4 Å². The molecule has 0 unspecified atom stereocenters. The quantitative estimate of drug-likeness (QED) is 0.738. The fourth-order valence-corrected chi connectivity index (χ4v) is 4.39. The lowest BCUT2D eigenvalue weighted by Gasteiger charge is -2.22. The van der Waals surface area contributed by atoms with Gasteiger partial charge in [0.05, 0.1) is 11.3 Å². The largest absolute Gasteiger partial charge is 0.488 e. The second-order valence-corrected chi connectivity index (χ2v) is 8.28. The highest BCUT2D eigenvalue weighted by Gasteiger charge is 2.26. The summed E-state index contributed by atoms with van der Waals surface area (Å²) < 4.78 is 10.9. The number of ether oxygens (including phenoxy) is 2. The van der Waals surface area contributed by atoms with Crippen LogP contribution in [0.4, 0.5) is 5.69 Å². The first-order chi connectivity index (χ1) is 13.6. The molecule has 6 heteroatoms. The fraction of sp³-hybridized carbons (Fsp3) is 0.273. The first kappa shape index (κ1) is 18.6. The summed E-state index contributed by atoms with van der Waals surface area (Å²) in [6, 6.07) is 15.3. The first-order valence-corrected chi connectivity index (χ1v) is 10.2. The number of carbonyl (C=O) groups is 2. The zero-order valence-electron chi connectivity index (χ0n) is 15.6. The molecular weight excluding hydrogens is 374 g/mol. The minimum atomic E-state index is -0.520. The molecule has 0 N–H and O–H groups in total. The van der Waals surface area contributed by atoms with Crippen LogP contribution in [0.15, 0.2) is 59.0 Å². The van der Waals surface area contributed by atoms with E-state index in [2.05, 4.69) is 6.92 Å². The fourth-order valence-electron chi connectivity index (χ4n) is 3.28. The molecule has 0 aliphatic carbocycles. The molecule has 2 heterocycles. The Morgan fingerprint density at radius 3 is 2.86 bits per heavy atom. The number of hydrogen-bond donors (Lipinski definition) is 0. The van der Waals surface area contributed by atoms with E-state index in [4.69, 9.17) is 9.47 Å². The molecule has 0 saturated carbocycles. The molecule has 2 aromatic carbocycles. The standard InChI is InChI=1S/C22H21NO4S/c1-15-10-11-23(18-7-3-5-9-20(18)28-15)21(24)14-27-22(25)17-12-16-6-2-4-8-19(16)26-13-17/h2-9,12,15H,10-11,13-14H2,1H3/t15-/m1/s1. The third-order valence-electron chi connectivity index (χ3n) is 4.77. The van der Waals surface area contributed by atoms with Crippen LogP contribution < -0.4 is 9.64 Å². The molecule has 4 rings (SSSR count). The van der Waals surface area contributed by atoms with Crippen LogP contribution in [0, 0.1) is 0 Å². The van der Waals surface area contributed by atoms with E-state index < -0.39 is 5.97 Å². The van der Waals surface area contributed by atoms with Gasteiger partial charge in [0, 0.05) is 22.3 Å². The molecule has 2 aromatic rings. The third kappa shape index (κ3) is 3.92. The Morgan fingerprint density at radius 1 is 1.18 bits per heavy atom. The predicted octanol–water partition coefficient (Wildman–Crippen LogP) is 3.92. The summed E-state index contributed by atoms with van der Waals surface area (Å²) in [5.74, 6) is 0.00449. The molecule has 1 amide bonds. The van der Waals surface area contributed by atoms with Crippen LogP contribution in [0.25, 0.3) is 6.08 Å². The van der Waals surface area contributed by atoms with E-state index in [1.807, 2.05) is 48.5 Å². The van der Waals surface area contributed by atoms with Gasteiger partial charge in [-0.2, -0.15) is 0 Å². The van der Waals surface area contributed by atoms with Crippen LogP contribution in [-0.2, 0) is 14.3 Å². The van der Waals surface area contributed by atoms with Crippen molar-refractivity contribution in [3.63, 3.8) is 0 Å². The number of amides is 1. The molecule has 28 heavy (non-hydrogen) atoms. The number of carbonyl (C=O) groups excluding carboxylic acids is 2. The molecule has 2 aliphatic rings. The van der Waals surface area contributed by atoms with Gasteiger partial charge in [0.1, 0.15) is 12.4 Å². The molecule has 1 atom stereocenters. The Kier molecular flexibility index (Phi) is 5.39. The van der Waals surface area contributed by atoms with E-state index >= 15 is 0 Å². The summed E-state index contributed by atoms with van der Waals surface area (Å²) in [4.78, 5) is 28.0. The van der Waals surface area contributed by atoms with Crippen molar-refractivity contribution in [2.75, 3.05) is 24.7 Å². The monoisotopic (exact) mass is 395 g/mol. The highest BCUT2D eigenvalue weighted by Crippen LogP contribution is 2.37. The average molecular weight is 395 g/mol. The van der Waals surface area contributed by atoms with Crippen molar-refractivity contribution >= 4 is 35.4 Å². The molecule has 0 spiro atoms. The molecule has 0 fully saturated rings. The lowest BCUT2D eigenvalue weighted by Crippen LogP contribution is -2.36. The summed E-state index contributed by atoms with van der Waals surface area (Å²) >= 11 is 1.77. The maximum absolute atomic E-state index is 12.8. The average Bonchev–Trinajstić information content (AvgIpc) is 2.89. The molecule has 2 aliphatic heterocycles. The van der Waals surface area contributed by atoms with E-state index in [9.17, 15) is 9.59 Å². The van der Waals surface area contributed by atoms with Crippen molar-refractivity contribution < 1.29 is 19.1 Å². The van der Waals surface area contributed by atoms with Gasteiger partial charge in [-0.3, -0.25) is 4.79 Å². The Balaban J connectivity index is 1.44. The molecule has 5 nitrogen and oxygen atoms in total. The van der Waals surface area contributed by atoms with Crippen molar-refractivity contribution in [2.24, 2.45) is 0 Å². The van der Waals surface area contributed by atoms with Gasteiger partial charge in [-0.15, -0.1) is 11.8 Å². The number of thioether (sulfide) groups is 1. The Hall–Kier alpha value is -2.73. The van der Waals surface area contributed by atoms with E-state index in [0.717, 1.165) is 28.3 Å². The molecule has 0 radical (unpaired) electrons. The first-order valence-electron chi connectivity index (χ1n) is 9.27. The smallest absolute Gasteiger partial charge is 0.338 e. The molecular formula is C22H21NO4S. The zero-order chi connectivity index (χ0) is 19.5. The third-order valence-corrected chi connectivity index (χ3v) is 6.00. The van der Waals surface area contributed by atoms with Crippen LogP contribution in [0.3, 0.4) is 0 Å². The highest BCUT2D eigenvalue weighted by atomic mass is 32.2. The number of nitrogens with zero attached hydrogens (tertiary/aromatic N) is 1. The predicted molar refractivity (Wildman–Crippen MR) is 110 cm³/mol. The van der Waals surface area contributed by atoms with E-state index in [1.165, 1.54) is 0 Å². The summed E-state index contributed by atoms with van der Waals surface area (Å²) in [5.41, 5.74) is 2.12. The minimum absolute atomic E-state index is 0.144. The van der Waals surface area contributed by atoms with Crippen LogP contribution in [0.5, 0.6) is 5.75 Å². The Bertz CT molecular complexity index is 940. The molecule has 0 saturated heterocycles. The van der Waals surface area contributed by atoms with Gasteiger partial charge in [-0.1, -0.05) is 37.3 Å². The van der Waals surface area contributed by atoms with Gasteiger partial charge in [-0.05, 0) is 30.7 Å². The number of fused-ring (bicyclic) bond motifs is 2. The summed E-state index contributed by atoms with van der Waals surface area (Å²) in [6.45, 7) is 2.62. The van der Waals surface area contributed by atoms with Gasteiger partial charge < -0.3 is 14.4 Å². The Labute approximate surface area is 168 Å². The van der Waals surface area contributed by atoms with Gasteiger partial charge in [0.15, 0.2) is 6.61 Å². The van der Waals surface area contributed by atoms with Gasteiger partial charge in [0.2, 0.25) is 0 Å².